The van der Waals surface area contributed by atoms with E-state index >= 15 is 0 Å². The van der Waals surface area contributed by atoms with Gasteiger partial charge in [-0.1, -0.05) is 66.7 Å². The zero-order chi connectivity index (χ0) is 23.8. The average molecular weight is 456 g/mol. The molecule has 2 amide bonds. The number of aliphatic hydroxyl groups is 1. The molecule has 0 spiro atoms. The molecular formula is C28H29N3O3. The number of para-hydroxylation sites is 1. The number of carbonyl (C=O) groups excluding carboxylic acids is 2. The van der Waals surface area contributed by atoms with Crippen LogP contribution in [0.25, 0.3) is 11.1 Å². The second-order valence-corrected chi connectivity index (χ2v) is 9.12. The van der Waals surface area contributed by atoms with E-state index in [0.717, 1.165) is 46.3 Å². The van der Waals surface area contributed by atoms with Gasteiger partial charge in [-0.25, -0.2) is 0 Å². The molecule has 0 saturated carbocycles. The number of nitrogens with zero attached hydrogens (tertiary/aromatic N) is 1. The Bertz CT molecular complexity index is 1240. The van der Waals surface area contributed by atoms with Crippen molar-refractivity contribution in [1.82, 2.24) is 10.6 Å². The summed E-state index contributed by atoms with van der Waals surface area (Å²) in [5.74, 6) is -0.469. The fraction of sp³-hybridized carbons (Fsp3) is 0.286. The molecule has 6 nitrogen and oxygen atoms in total. The van der Waals surface area contributed by atoms with Crippen molar-refractivity contribution in [2.24, 2.45) is 0 Å². The fourth-order valence-electron chi connectivity index (χ4n) is 5.15. The molecule has 0 bridgehead atoms. The SMILES string of the molecule is CC(NC1CCc2ccccc2C1O)C(=O)NC1C(=O)N(C)c2ccccc2-c2ccccc21. The summed E-state index contributed by atoms with van der Waals surface area (Å²) in [4.78, 5) is 28.3. The van der Waals surface area contributed by atoms with Gasteiger partial charge in [0.15, 0.2) is 0 Å². The van der Waals surface area contributed by atoms with Crippen molar-refractivity contribution in [3.8, 4) is 11.1 Å². The predicted molar refractivity (Wildman–Crippen MR) is 132 cm³/mol. The Morgan fingerprint density at radius 2 is 1.62 bits per heavy atom. The van der Waals surface area contributed by atoms with Crippen LogP contribution in [0.4, 0.5) is 5.69 Å². The minimum absolute atomic E-state index is 0.190. The van der Waals surface area contributed by atoms with Gasteiger partial charge in [0.25, 0.3) is 5.91 Å². The third-order valence-corrected chi connectivity index (χ3v) is 7.03. The van der Waals surface area contributed by atoms with E-state index in [9.17, 15) is 14.7 Å². The van der Waals surface area contributed by atoms with E-state index in [4.69, 9.17) is 0 Å². The predicted octanol–water partition coefficient (Wildman–Crippen LogP) is 3.51. The van der Waals surface area contributed by atoms with Crippen LogP contribution in [0.3, 0.4) is 0 Å². The minimum atomic E-state index is -0.803. The lowest BCUT2D eigenvalue weighted by atomic mass is 9.85. The zero-order valence-corrected chi connectivity index (χ0v) is 19.4. The van der Waals surface area contributed by atoms with Crippen LogP contribution in [-0.4, -0.2) is 36.1 Å². The third kappa shape index (κ3) is 3.89. The average Bonchev–Trinajstić information content (AvgIpc) is 2.95. The lowest BCUT2D eigenvalue weighted by Gasteiger charge is -2.33. The van der Waals surface area contributed by atoms with Gasteiger partial charge in [0.2, 0.25) is 5.91 Å². The Morgan fingerprint density at radius 3 is 2.41 bits per heavy atom. The highest BCUT2D eigenvalue weighted by Gasteiger charge is 2.35. The van der Waals surface area contributed by atoms with E-state index in [1.165, 1.54) is 0 Å². The monoisotopic (exact) mass is 455 g/mol. The van der Waals surface area contributed by atoms with Gasteiger partial charge >= 0.3 is 0 Å². The van der Waals surface area contributed by atoms with Gasteiger partial charge < -0.3 is 20.6 Å². The van der Waals surface area contributed by atoms with E-state index in [2.05, 4.69) is 10.6 Å². The van der Waals surface area contributed by atoms with Gasteiger partial charge in [0, 0.05) is 18.7 Å². The third-order valence-electron chi connectivity index (χ3n) is 7.03. The zero-order valence-electron chi connectivity index (χ0n) is 19.4. The maximum absolute atomic E-state index is 13.5. The van der Waals surface area contributed by atoms with Crippen LogP contribution in [0.5, 0.6) is 0 Å². The number of anilines is 1. The number of benzene rings is 3. The molecule has 6 heteroatoms. The topological polar surface area (TPSA) is 81.7 Å². The Labute approximate surface area is 199 Å². The molecule has 0 saturated heterocycles. The lowest BCUT2D eigenvalue weighted by Crippen LogP contribution is -2.52. The van der Waals surface area contributed by atoms with Gasteiger partial charge in [-0.3, -0.25) is 9.59 Å². The van der Waals surface area contributed by atoms with E-state index in [1.54, 1.807) is 18.9 Å². The normalized spacial score (nSPS) is 22.1. The Kier molecular flexibility index (Phi) is 5.94. The highest BCUT2D eigenvalue weighted by atomic mass is 16.3. The lowest BCUT2D eigenvalue weighted by molar-refractivity contribution is -0.128. The molecule has 0 aromatic heterocycles. The highest BCUT2D eigenvalue weighted by Crippen LogP contribution is 2.39. The first kappa shape index (κ1) is 22.3. The van der Waals surface area contributed by atoms with E-state index in [1.807, 2.05) is 72.8 Å². The smallest absolute Gasteiger partial charge is 0.253 e. The number of amides is 2. The summed E-state index contributed by atoms with van der Waals surface area (Å²) in [6.45, 7) is 1.77. The van der Waals surface area contributed by atoms with Gasteiger partial charge in [-0.05, 0) is 48.1 Å². The maximum Gasteiger partial charge on any atom is 0.253 e. The van der Waals surface area contributed by atoms with Crippen molar-refractivity contribution < 1.29 is 14.7 Å². The second-order valence-electron chi connectivity index (χ2n) is 9.12. The fourth-order valence-corrected chi connectivity index (χ4v) is 5.15. The Hall–Kier alpha value is -3.48. The number of hydrogen-bond acceptors (Lipinski definition) is 4. The molecule has 4 unspecified atom stereocenters. The maximum atomic E-state index is 13.5. The second kappa shape index (κ2) is 9.05. The molecule has 0 fully saturated rings. The van der Waals surface area contributed by atoms with Crippen LogP contribution in [0.2, 0.25) is 0 Å². The largest absolute Gasteiger partial charge is 0.387 e. The van der Waals surface area contributed by atoms with E-state index in [0.29, 0.717) is 0 Å². The van der Waals surface area contributed by atoms with Gasteiger partial charge in [0.05, 0.1) is 17.8 Å². The number of aryl methyl sites for hydroxylation is 1. The van der Waals surface area contributed by atoms with Crippen molar-refractivity contribution in [3.05, 3.63) is 89.5 Å². The first-order valence-corrected chi connectivity index (χ1v) is 11.7. The van der Waals surface area contributed by atoms with Crippen LogP contribution >= 0.6 is 0 Å². The van der Waals surface area contributed by atoms with Crippen molar-refractivity contribution in [1.29, 1.82) is 0 Å². The summed E-state index contributed by atoms with van der Waals surface area (Å²) in [5, 5.41) is 17.1. The number of fused-ring (bicyclic) bond motifs is 4. The first-order valence-electron chi connectivity index (χ1n) is 11.7. The molecule has 174 valence electrons. The van der Waals surface area contributed by atoms with Gasteiger partial charge in [-0.15, -0.1) is 0 Å². The van der Waals surface area contributed by atoms with Gasteiger partial charge in [0.1, 0.15) is 6.04 Å². The molecule has 34 heavy (non-hydrogen) atoms. The Morgan fingerprint density at radius 1 is 0.971 bits per heavy atom. The number of hydrogen-bond donors (Lipinski definition) is 3. The summed E-state index contributed by atoms with van der Waals surface area (Å²) >= 11 is 0. The standard InChI is InChI=1S/C28H29N3O3/c1-17(29-23-16-15-18-9-3-4-10-19(18)26(23)32)27(33)30-25-22-13-6-5-11-20(22)21-12-7-8-14-24(21)31(2)28(25)34/h3-14,17,23,25-26,29,32H,15-16H2,1-2H3,(H,30,33). The molecule has 3 aromatic rings. The number of rotatable bonds is 4. The molecule has 1 aliphatic heterocycles. The molecule has 3 aromatic carbocycles. The number of aliphatic hydroxyl groups excluding tert-OH is 1. The van der Waals surface area contributed by atoms with Crippen LogP contribution in [0.1, 0.15) is 42.2 Å². The van der Waals surface area contributed by atoms with Crippen molar-refractivity contribution >= 4 is 17.5 Å². The minimum Gasteiger partial charge on any atom is -0.387 e. The van der Waals surface area contributed by atoms with Crippen LogP contribution < -0.4 is 15.5 Å². The molecule has 2 aliphatic rings. The van der Waals surface area contributed by atoms with Gasteiger partial charge in [-0.2, -0.15) is 0 Å². The van der Waals surface area contributed by atoms with E-state index < -0.39 is 18.2 Å². The van der Waals surface area contributed by atoms with Crippen LogP contribution in [-0.2, 0) is 16.0 Å². The summed E-state index contributed by atoms with van der Waals surface area (Å²) < 4.78 is 0. The van der Waals surface area contributed by atoms with E-state index in [-0.39, 0.29) is 17.9 Å². The molecular weight excluding hydrogens is 426 g/mol. The molecule has 5 rings (SSSR count). The first-order chi connectivity index (χ1) is 16.5. The summed E-state index contributed by atoms with van der Waals surface area (Å²) in [5.41, 5.74) is 5.53. The molecule has 3 N–H and O–H groups in total. The van der Waals surface area contributed by atoms with Crippen molar-refractivity contribution in [3.63, 3.8) is 0 Å². The number of carbonyl (C=O) groups is 2. The van der Waals surface area contributed by atoms with Crippen molar-refractivity contribution in [2.45, 2.75) is 44.0 Å². The number of nitrogens with one attached hydrogen (secondary N) is 2. The summed E-state index contributed by atoms with van der Waals surface area (Å²) in [7, 11) is 1.74. The number of likely N-dealkylation sites (N-methyl/N-ethyl adjacent to an activating group) is 1. The van der Waals surface area contributed by atoms with Crippen molar-refractivity contribution in [2.75, 3.05) is 11.9 Å². The molecule has 1 heterocycles. The highest BCUT2D eigenvalue weighted by molar-refractivity contribution is 6.06. The molecule has 0 radical (unpaired) electrons. The van der Waals surface area contributed by atoms with Crippen LogP contribution in [0.15, 0.2) is 72.8 Å². The molecule has 1 aliphatic carbocycles. The summed E-state index contributed by atoms with van der Waals surface area (Å²) in [6, 6.07) is 21.7. The molecule has 4 atom stereocenters. The summed E-state index contributed by atoms with van der Waals surface area (Å²) in [6.07, 6.45) is 0.900. The quantitative estimate of drug-likeness (QED) is 0.562. The van der Waals surface area contributed by atoms with Crippen LogP contribution in [0, 0.1) is 0 Å². The Balaban J connectivity index is 1.37.